The van der Waals surface area contributed by atoms with Crippen molar-refractivity contribution in [3.63, 3.8) is 0 Å². The molecule has 0 amide bonds. The third-order valence-corrected chi connectivity index (χ3v) is 2.11. The second-order valence-corrected chi connectivity index (χ2v) is 3.33. The van der Waals surface area contributed by atoms with Gasteiger partial charge in [-0.1, -0.05) is 33.8 Å². The Morgan fingerprint density at radius 1 is 1.29 bits per heavy atom. The van der Waals surface area contributed by atoms with Crippen molar-refractivity contribution in [1.82, 2.24) is 9.97 Å². The van der Waals surface area contributed by atoms with Crippen LogP contribution in [0.3, 0.4) is 0 Å². The number of aromatic amines is 1. The molecule has 1 aromatic heterocycles. The van der Waals surface area contributed by atoms with E-state index >= 15 is 0 Å². The number of imidazole rings is 1. The van der Waals surface area contributed by atoms with E-state index in [0.717, 1.165) is 11.0 Å². The molecule has 0 aliphatic heterocycles. The van der Waals surface area contributed by atoms with Gasteiger partial charge in [0.05, 0.1) is 17.4 Å². The zero-order chi connectivity index (χ0) is 10.6. The molecule has 0 saturated heterocycles. The molecule has 2 aromatic rings. The van der Waals surface area contributed by atoms with Gasteiger partial charge < -0.3 is 4.98 Å². The van der Waals surface area contributed by atoms with E-state index < -0.39 is 0 Å². The number of rotatable bonds is 1. The van der Waals surface area contributed by atoms with Gasteiger partial charge in [0.1, 0.15) is 0 Å². The van der Waals surface area contributed by atoms with Gasteiger partial charge in [-0.3, -0.25) is 0 Å². The number of benzene rings is 1. The van der Waals surface area contributed by atoms with Crippen molar-refractivity contribution in [3.8, 4) is 0 Å². The van der Waals surface area contributed by atoms with Crippen molar-refractivity contribution in [2.24, 2.45) is 0 Å². The molecular weight excluding hydrogens is 172 g/mol. The Labute approximate surface area is 86.9 Å². The van der Waals surface area contributed by atoms with Gasteiger partial charge in [0, 0.05) is 1.43 Å². The second kappa shape index (κ2) is 4.80. The van der Waals surface area contributed by atoms with E-state index in [2.05, 4.69) is 42.0 Å². The molecule has 1 aromatic carbocycles. The molecule has 0 bridgehead atoms. The molecule has 2 nitrogen and oxygen atoms in total. The zero-order valence-corrected chi connectivity index (χ0v) is 9.33. The molecule has 0 aliphatic carbocycles. The summed E-state index contributed by atoms with van der Waals surface area (Å²) in [6.07, 6.45) is 1.73. The van der Waals surface area contributed by atoms with Crippen LogP contribution < -0.4 is 0 Å². The molecule has 0 saturated carbocycles. The molecule has 2 heteroatoms. The van der Waals surface area contributed by atoms with E-state index in [1.165, 1.54) is 5.56 Å². The van der Waals surface area contributed by atoms with Crippen molar-refractivity contribution in [1.29, 1.82) is 0 Å². The quantitative estimate of drug-likeness (QED) is 0.728. The van der Waals surface area contributed by atoms with E-state index in [9.17, 15) is 0 Å². The first kappa shape index (κ1) is 10.8. The summed E-state index contributed by atoms with van der Waals surface area (Å²) in [4.78, 5) is 7.27. The summed E-state index contributed by atoms with van der Waals surface area (Å²) in [7, 11) is 0. The first-order chi connectivity index (χ1) is 6.77. The monoisotopic (exact) mass is 192 g/mol. The van der Waals surface area contributed by atoms with Crippen LogP contribution in [0, 0.1) is 0 Å². The summed E-state index contributed by atoms with van der Waals surface area (Å²) in [5, 5.41) is 0. The molecule has 1 heterocycles. The molecule has 78 valence electrons. The maximum absolute atomic E-state index is 4.16. The van der Waals surface area contributed by atoms with E-state index in [-0.39, 0.29) is 1.43 Å². The molecule has 0 unspecified atom stereocenters. The van der Waals surface area contributed by atoms with Crippen LogP contribution in [-0.2, 0) is 0 Å². The number of hydrogen-bond acceptors (Lipinski definition) is 1. The average molecular weight is 192 g/mol. The number of nitrogens with zero attached hydrogens (tertiary/aromatic N) is 1. The van der Waals surface area contributed by atoms with Crippen molar-refractivity contribution in [3.05, 3.63) is 30.1 Å². The Bertz CT molecular complexity index is 393. The summed E-state index contributed by atoms with van der Waals surface area (Å²) < 4.78 is 0. The van der Waals surface area contributed by atoms with Gasteiger partial charge in [-0.05, 0) is 23.6 Å². The summed E-state index contributed by atoms with van der Waals surface area (Å²) in [6, 6.07) is 6.35. The summed E-state index contributed by atoms with van der Waals surface area (Å²) in [5.74, 6) is 0.581. The van der Waals surface area contributed by atoms with Crippen LogP contribution in [0.2, 0.25) is 0 Å². The van der Waals surface area contributed by atoms with Gasteiger partial charge in [-0.25, -0.2) is 4.98 Å². The van der Waals surface area contributed by atoms with Gasteiger partial charge in [0.2, 0.25) is 0 Å². The number of nitrogens with one attached hydrogen (secondary N) is 1. The largest absolute Gasteiger partial charge is 0.345 e. The molecule has 0 spiro atoms. The maximum atomic E-state index is 4.16. The van der Waals surface area contributed by atoms with E-state index in [1.54, 1.807) is 6.33 Å². The van der Waals surface area contributed by atoms with Crippen LogP contribution in [0.1, 0.15) is 40.6 Å². The molecular formula is C12H20N2. The highest BCUT2D eigenvalue weighted by molar-refractivity contribution is 5.75. The zero-order valence-electron chi connectivity index (χ0n) is 9.33. The minimum atomic E-state index is 0. The van der Waals surface area contributed by atoms with Crippen molar-refractivity contribution >= 4 is 11.0 Å². The Balaban J connectivity index is 0.000000617. The Kier molecular flexibility index (Phi) is 3.69. The van der Waals surface area contributed by atoms with Crippen molar-refractivity contribution in [2.75, 3.05) is 0 Å². The predicted molar refractivity (Wildman–Crippen MR) is 63.6 cm³/mol. The lowest BCUT2D eigenvalue weighted by Gasteiger charge is -2.03. The number of H-pyrrole nitrogens is 1. The number of aromatic nitrogens is 2. The highest BCUT2D eigenvalue weighted by Gasteiger charge is 2.00. The fourth-order valence-corrected chi connectivity index (χ4v) is 1.31. The Hall–Kier alpha value is -1.31. The normalized spacial score (nSPS) is 10.1. The molecule has 0 aliphatic rings. The highest BCUT2D eigenvalue weighted by Crippen LogP contribution is 2.18. The van der Waals surface area contributed by atoms with E-state index in [4.69, 9.17) is 0 Å². The molecule has 0 radical (unpaired) electrons. The van der Waals surface area contributed by atoms with Crippen molar-refractivity contribution in [2.45, 2.75) is 33.6 Å². The Morgan fingerprint density at radius 2 is 2.00 bits per heavy atom. The molecule has 0 fully saturated rings. The van der Waals surface area contributed by atoms with Gasteiger partial charge in [0.25, 0.3) is 0 Å². The molecule has 14 heavy (non-hydrogen) atoms. The highest BCUT2D eigenvalue weighted by atomic mass is 14.9. The van der Waals surface area contributed by atoms with Crippen LogP contribution >= 0.6 is 0 Å². The first-order valence-corrected chi connectivity index (χ1v) is 5.20. The predicted octanol–water partition coefficient (Wildman–Crippen LogP) is 3.96. The maximum Gasteiger partial charge on any atom is 0.0931 e. The van der Waals surface area contributed by atoms with Crippen LogP contribution in [-0.4, -0.2) is 9.97 Å². The smallest absolute Gasteiger partial charge is 0.0931 e. The fraction of sp³-hybridized carbons (Fsp3) is 0.417. The van der Waals surface area contributed by atoms with Gasteiger partial charge in [0.15, 0.2) is 0 Å². The number of fused-ring (bicyclic) bond motifs is 1. The lowest BCUT2D eigenvalue weighted by molar-refractivity contribution is 0.868. The summed E-state index contributed by atoms with van der Waals surface area (Å²) >= 11 is 0. The third kappa shape index (κ3) is 2.13. The van der Waals surface area contributed by atoms with Gasteiger partial charge in [-0.15, -0.1) is 0 Å². The first-order valence-electron chi connectivity index (χ1n) is 5.20. The van der Waals surface area contributed by atoms with Crippen LogP contribution in [0.5, 0.6) is 0 Å². The molecule has 0 atom stereocenters. The minimum absolute atomic E-state index is 0. The van der Waals surface area contributed by atoms with Crippen molar-refractivity contribution < 1.29 is 1.43 Å². The summed E-state index contributed by atoms with van der Waals surface area (Å²) in [6.45, 7) is 8.38. The summed E-state index contributed by atoms with van der Waals surface area (Å²) in [5.41, 5.74) is 3.52. The second-order valence-electron chi connectivity index (χ2n) is 3.33. The van der Waals surface area contributed by atoms with Gasteiger partial charge in [-0.2, -0.15) is 0 Å². The minimum Gasteiger partial charge on any atom is -0.345 e. The van der Waals surface area contributed by atoms with E-state index in [1.807, 2.05) is 13.8 Å². The van der Waals surface area contributed by atoms with Crippen LogP contribution in [0.4, 0.5) is 0 Å². The average Bonchev–Trinajstić information content (AvgIpc) is 2.67. The number of hydrogen-bond donors (Lipinski definition) is 1. The fourth-order valence-electron chi connectivity index (χ4n) is 1.31. The van der Waals surface area contributed by atoms with Gasteiger partial charge >= 0.3 is 0 Å². The van der Waals surface area contributed by atoms with Crippen LogP contribution in [0.15, 0.2) is 24.5 Å². The molecule has 1 N–H and O–H groups in total. The topological polar surface area (TPSA) is 28.7 Å². The third-order valence-electron chi connectivity index (χ3n) is 2.11. The lowest BCUT2D eigenvalue weighted by atomic mass is 10.0. The Morgan fingerprint density at radius 3 is 2.64 bits per heavy atom. The van der Waals surface area contributed by atoms with Crippen LogP contribution in [0.25, 0.3) is 11.0 Å². The SMILES string of the molecule is CC.CC(C)c1ccc2nc[nH]c2c1.[HH]. The van der Waals surface area contributed by atoms with E-state index in [0.29, 0.717) is 5.92 Å². The lowest BCUT2D eigenvalue weighted by Crippen LogP contribution is -1.85. The molecule has 2 rings (SSSR count). The standard InChI is InChI=1S/C10H12N2.C2H6.H2/c1-7(2)8-3-4-9-10(5-8)12-6-11-9;1-2;/h3-7H,1-2H3,(H,11,12);1-2H3;1H.